The van der Waals surface area contributed by atoms with Crippen molar-refractivity contribution < 1.29 is 4.79 Å². The van der Waals surface area contributed by atoms with Crippen LogP contribution in [0, 0.1) is 18.3 Å². The summed E-state index contributed by atoms with van der Waals surface area (Å²) in [4.78, 5) is 20.4. The molecule has 2 aromatic heterocycles. The van der Waals surface area contributed by atoms with Gasteiger partial charge in [-0.15, -0.1) is 11.3 Å². The third kappa shape index (κ3) is 2.64. The summed E-state index contributed by atoms with van der Waals surface area (Å²) >= 11 is 7.31. The van der Waals surface area contributed by atoms with Crippen LogP contribution in [0.2, 0.25) is 5.15 Å². The van der Waals surface area contributed by atoms with E-state index in [0.29, 0.717) is 32.2 Å². The molecule has 0 fully saturated rings. The Kier molecular flexibility index (Phi) is 3.75. The van der Waals surface area contributed by atoms with Crippen LogP contribution in [0.4, 0.5) is 5.69 Å². The van der Waals surface area contributed by atoms with Crippen molar-refractivity contribution in [1.29, 1.82) is 5.26 Å². The molecule has 0 saturated carbocycles. The van der Waals surface area contributed by atoms with Crippen LogP contribution in [0.3, 0.4) is 0 Å². The van der Waals surface area contributed by atoms with Crippen molar-refractivity contribution in [3.05, 3.63) is 51.7 Å². The standard InChI is InChI=1S/C15H9ClN4OS/c1-8-2-9(5-17)4-10(3-8)20-15(21)11-6-22-13-12(11)18-7-19-14(13)16/h2-4,6-7H,1H3,(H,20,21). The molecule has 108 valence electrons. The van der Waals surface area contributed by atoms with E-state index in [2.05, 4.69) is 21.4 Å². The number of fused-ring (bicyclic) bond motifs is 1. The lowest BCUT2D eigenvalue weighted by molar-refractivity contribution is 0.102. The van der Waals surface area contributed by atoms with Crippen molar-refractivity contribution in [2.75, 3.05) is 5.32 Å². The van der Waals surface area contributed by atoms with Crippen molar-refractivity contribution in [3.8, 4) is 6.07 Å². The summed E-state index contributed by atoms with van der Waals surface area (Å²) in [5.74, 6) is -0.296. The third-order valence-corrected chi connectivity index (χ3v) is 4.39. The summed E-state index contributed by atoms with van der Waals surface area (Å²) in [6, 6.07) is 7.25. The molecule has 1 aromatic carbocycles. The molecule has 0 unspecified atom stereocenters. The lowest BCUT2D eigenvalue weighted by Crippen LogP contribution is -2.12. The molecule has 2 heterocycles. The SMILES string of the molecule is Cc1cc(C#N)cc(NC(=O)c2csc3c(Cl)ncnc23)c1. The van der Waals surface area contributed by atoms with E-state index in [9.17, 15) is 4.79 Å². The minimum Gasteiger partial charge on any atom is -0.322 e. The van der Waals surface area contributed by atoms with Crippen LogP contribution in [0.25, 0.3) is 10.2 Å². The topological polar surface area (TPSA) is 78.7 Å². The molecule has 1 amide bonds. The van der Waals surface area contributed by atoms with Crippen LogP contribution in [-0.4, -0.2) is 15.9 Å². The first-order valence-corrected chi connectivity index (χ1v) is 7.55. The number of aromatic nitrogens is 2. The maximum absolute atomic E-state index is 12.4. The Morgan fingerprint density at radius 2 is 2.18 bits per heavy atom. The molecule has 22 heavy (non-hydrogen) atoms. The monoisotopic (exact) mass is 328 g/mol. The highest BCUT2D eigenvalue weighted by Gasteiger charge is 2.16. The number of rotatable bonds is 2. The summed E-state index contributed by atoms with van der Waals surface area (Å²) in [5, 5.41) is 13.8. The summed E-state index contributed by atoms with van der Waals surface area (Å²) in [6.45, 7) is 1.86. The average Bonchev–Trinajstić information content (AvgIpc) is 2.92. The number of aryl methyl sites for hydroxylation is 1. The molecule has 3 rings (SSSR count). The largest absolute Gasteiger partial charge is 0.322 e. The van der Waals surface area contributed by atoms with Crippen LogP contribution in [0.15, 0.2) is 29.9 Å². The van der Waals surface area contributed by atoms with E-state index >= 15 is 0 Å². The predicted octanol–water partition coefficient (Wildman–Crippen LogP) is 3.78. The molecule has 0 radical (unpaired) electrons. The number of nitrogens with one attached hydrogen (secondary N) is 1. The molecule has 0 aliphatic rings. The number of benzene rings is 1. The molecule has 3 aromatic rings. The summed E-state index contributed by atoms with van der Waals surface area (Å²) in [5.41, 5.74) is 2.92. The Hall–Kier alpha value is -2.49. The van der Waals surface area contributed by atoms with Gasteiger partial charge in [-0.3, -0.25) is 4.79 Å². The zero-order chi connectivity index (χ0) is 15.7. The van der Waals surface area contributed by atoms with Crippen molar-refractivity contribution in [2.45, 2.75) is 6.92 Å². The summed E-state index contributed by atoms with van der Waals surface area (Å²) in [7, 11) is 0. The molecule has 0 aliphatic heterocycles. The Morgan fingerprint density at radius 1 is 1.36 bits per heavy atom. The quantitative estimate of drug-likeness (QED) is 0.726. The van der Waals surface area contributed by atoms with Gasteiger partial charge in [0.2, 0.25) is 0 Å². The van der Waals surface area contributed by atoms with Crippen LogP contribution in [0.5, 0.6) is 0 Å². The highest BCUT2D eigenvalue weighted by molar-refractivity contribution is 7.18. The zero-order valence-corrected chi connectivity index (χ0v) is 13.0. The number of anilines is 1. The number of amides is 1. The van der Waals surface area contributed by atoms with E-state index in [0.717, 1.165) is 5.56 Å². The highest BCUT2D eigenvalue weighted by Crippen LogP contribution is 2.29. The van der Waals surface area contributed by atoms with Gasteiger partial charge in [0.1, 0.15) is 11.5 Å². The smallest absolute Gasteiger partial charge is 0.258 e. The van der Waals surface area contributed by atoms with Crippen molar-refractivity contribution in [1.82, 2.24) is 9.97 Å². The normalized spacial score (nSPS) is 10.4. The summed E-state index contributed by atoms with van der Waals surface area (Å²) in [6.07, 6.45) is 1.33. The summed E-state index contributed by atoms with van der Waals surface area (Å²) < 4.78 is 0.677. The number of halogens is 1. The zero-order valence-electron chi connectivity index (χ0n) is 11.4. The van der Waals surface area contributed by atoms with Gasteiger partial charge in [-0.2, -0.15) is 5.26 Å². The van der Waals surface area contributed by atoms with Gasteiger partial charge >= 0.3 is 0 Å². The van der Waals surface area contributed by atoms with Gasteiger partial charge in [0.15, 0.2) is 0 Å². The molecule has 1 N–H and O–H groups in total. The van der Waals surface area contributed by atoms with Gasteiger partial charge < -0.3 is 5.32 Å². The maximum Gasteiger partial charge on any atom is 0.258 e. The van der Waals surface area contributed by atoms with E-state index in [1.807, 2.05) is 6.92 Å². The highest BCUT2D eigenvalue weighted by atomic mass is 35.5. The lowest BCUT2D eigenvalue weighted by atomic mass is 10.1. The van der Waals surface area contributed by atoms with E-state index in [1.165, 1.54) is 17.7 Å². The van der Waals surface area contributed by atoms with E-state index in [4.69, 9.17) is 16.9 Å². The number of nitrogens with zero attached hydrogens (tertiary/aromatic N) is 3. The Balaban J connectivity index is 1.96. The second kappa shape index (κ2) is 5.72. The van der Waals surface area contributed by atoms with Gasteiger partial charge in [-0.05, 0) is 30.7 Å². The molecule has 0 bridgehead atoms. The number of hydrogen-bond donors (Lipinski definition) is 1. The molecular formula is C15H9ClN4OS. The van der Waals surface area contributed by atoms with E-state index < -0.39 is 0 Å². The fourth-order valence-corrected chi connectivity index (χ4v) is 3.25. The first kappa shape index (κ1) is 14.4. The Labute approximate surface area is 135 Å². The maximum atomic E-state index is 12.4. The predicted molar refractivity (Wildman–Crippen MR) is 86.3 cm³/mol. The minimum atomic E-state index is -0.296. The molecule has 0 atom stereocenters. The van der Waals surface area contributed by atoms with Crippen molar-refractivity contribution in [3.63, 3.8) is 0 Å². The van der Waals surface area contributed by atoms with Gasteiger partial charge in [-0.1, -0.05) is 11.6 Å². The van der Waals surface area contributed by atoms with Gasteiger partial charge in [0.25, 0.3) is 5.91 Å². The van der Waals surface area contributed by atoms with Gasteiger partial charge in [0.05, 0.1) is 27.4 Å². The number of nitriles is 1. The first-order valence-electron chi connectivity index (χ1n) is 6.29. The van der Waals surface area contributed by atoms with Gasteiger partial charge in [0, 0.05) is 11.1 Å². The minimum absolute atomic E-state index is 0.296. The number of carbonyl (C=O) groups is 1. The van der Waals surface area contributed by atoms with E-state index in [-0.39, 0.29) is 5.91 Å². The fourth-order valence-electron chi connectivity index (χ4n) is 2.10. The third-order valence-electron chi connectivity index (χ3n) is 3.02. The van der Waals surface area contributed by atoms with Crippen molar-refractivity contribution in [2.24, 2.45) is 0 Å². The molecule has 0 aliphatic carbocycles. The van der Waals surface area contributed by atoms with E-state index in [1.54, 1.807) is 23.6 Å². The second-order valence-corrected chi connectivity index (χ2v) is 5.88. The molecule has 0 spiro atoms. The molecular weight excluding hydrogens is 320 g/mol. The fraction of sp³-hybridized carbons (Fsp3) is 0.0667. The molecule has 5 nitrogen and oxygen atoms in total. The van der Waals surface area contributed by atoms with Crippen LogP contribution in [-0.2, 0) is 0 Å². The lowest BCUT2D eigenvalue weighted by Gasteiger charge is -2.06. The Bertz CT molecular complexity index is 929. The van der Waals surface area contributed by atoms with Gasteiger partial charge in [-0.25, -0.2) is 9.97 Å². The average molecular weight is 329 g/mol. The van der Waals surface area contributed by atoms with Crippen LogP contribution < -0.4 is 5.32 Å². The number of hydrogen-bond acceptors (Lipinski definition) is 5. The first-order chi connectivity index (χ1) is 10.6. The Morgan fingerprint density at radius 3 is 2.95 bits per heavy atom. The molecule has 7 heteroatoms. The van der Waals surface area contributed by atoms with Crippen LogP contribution in [0.1, 0.15) is 21.5 Å². The number of thiophene rings is 1. The second-order valence-electron chi connectivity index (χ2n) is 4.65. The van der Waals surface area contributed by atoms with Crippen molar-refractivity contribution >= 4 is 44.7 Å². The number of carbonyl (C=O) groups excluding carboxylic acids is 1. The molecule has 0 saturated heterocycles. The van der Waals surface area contributed by atoms with Crippen LogP contribution >= 0.6 is 22.9 Å².